The first-order valence-electron chi connectivity index (χ1n) is 6.19. The first-order chi connectivity index (χ1) is 8.61. The lowest BCUT2D eigenvalue weighted by Crippen LogP contribution is -1.98. The second-order valence-corrected chi connectivity index (χ2v) is 4.04. The van der Waals surface area contributed by atoms with E-state index in [0.29, 0.717) is 5.56 Å². The zero-order valence-electron chi connectivity index (χ0n) is 12.3. The number of hydrogen-bond donors (Lipinski definition) is 0. The van der Waals surface area contributed by atoms with E-state index in [2.05, 4.69) is 4.98 Å². The summed E-state index contributed by atoms with van der Waals surface area (Å²) in [4.78, 5) is 15.2. The summed E-state index contributed by atoms with van der Waals surface area (Å²) < 4.78 is 1.88. The first kappa shape index (κ1) is 20.5. The number of aldehydes is 1. The molecule has 2 rings (SSSR count). The molecule has 1 aromatic heterocycles. The Morgan fingerprint density at radius 1 is 1.10 bits per heavy atom. The van der Waals surface area contributed by atoms with Crippen LogP contribution >= 0.6 is 0 Å². The minimum atomic E-state index is 0. The minimum Gasteiger partial charge on any atom is -0.305 e. The summed E-state index contributed by atoms with van der Waals surface area (Å²) in [5.41, 5.74) is 4.82. The van der Waals surface area contributed by atoms with Crippen molar-refractivity contribution in [2.75, 3.05) is 0 Å². The monoisotopic (exact) mass is 271 g/mol. The molecule has 20 heavy (non-hydrogen) atoms. The highest BCUT2D eigenvalue weighted by Crippen LogP contribution is 2.18. The van der Waals surface area contributed by atoms with Crippen LogP contribution in [0.15, 0.2) is 24.7 Å². The highest BCUT2D eigenvalue weighted by Gasteiger charge is 2.06. The maximum absolute atomic E-state index is 11.0. The zero-order chi connectivity index (χ0) is 13.7. The van der Waals surface area contributed by atoms with Crippen LogP contribution in [0.25, 0.3) is 5.69 Å². The molecule has 0 saturated heterocycles. The van der Waals surface area contributed by atoms with Gasteiger partial charge in [0, 0.05) is 20.2 Å². The van der Waals surface area contributed by atoms with Crippen molar-refractivity contribution in [2.45, 2.75) is 42.0 Å². The summed E-state index contributed by atoms with van der Waals surface area (Å²) in [6.07, 6.45) is 4.53. The predicted molar refractivity (Wildman–Crippen MR) is 87.0 cm³/mol. The summed E-state index contributed by atoms with van der Waals surface area (Å²) in [5, 5.41) is 0. The fourth-order valence-electron chi connectivity index (χ4n) is 1.69. The van der Waals surface area contributed by atoms with Crippen molar-refractivity contribution >= 4 is 14.7 Å². The third-order valence-corrected chi connectivity index (χ3v) is 2.76. The Hall–Kier alpha value is -1.84. The van der Waals surface area contributed by atoms with Crippen LogP contribution in [0.4, 0.5) is 0 Å². The predicted octanol–water partition coefficient (Wildman–Crippen LogP) is 3.89. The number of imidazole rings is 1. The Balaban J connectivity index is 0. The van der Waals surface area contributed by atoms with Crippen LogP contribution in [-0.2, 0) is 0 Å². The molecule has 2 aromatic rings. The van der Waals surface area contributed by atoms with E-state index in [-0.39, 0.29) is 15.8 Å². The fraction of sp³-hybridized carbons (Fsp3) is 0.375. The Labute approximate surface area is 124 Å². The summed E-state index contributed by atoms with van der Waals surface area (Å²) in [6, 6.07) is 3.92. The van der Waals surface area contributed by atoms with Gasteiger partial charge in [-0.25, -0.2) is 4.98 Å². The van der Waals surface area contributed by atoms with E-state index in [0.717, 1.165) is 23.2 Å². The molecule has 0 amide bonds. The maximum atomic E-state index is 11.0. The number of benzene rings is 1. The molecule has 0 aliphatic rings. The van der Waals surface area contributed by atoms with Crippen LogP contribution < -0.4 is 0 Å². The number of nitrogens with zero attached hydrogens (tertiary/aromatic N) is 2. The van der Waals surface area contributed by atoms with Crippen LogP contribution in [0.1, 0.15) is 48.5 Å². The molecule has 0 aliphatic heterocycles. The molecule has 0 bridgehead atoms. The standard InChI is InChI=1S/C13H14N2O.C2H6.CH4.B/c1-9-4-12(7-16)13(5-10(9)2)15-6-11(3)14-8-15;1-2;;/h4-8H,1-3H3;1-2H3;1H4;. The van der Waals surface area contributed by atoms with Crippen molar-refractivity contribution in [3.63, 3.8) is 0 Å². The first-order valence-corrected chi connectivity index (χ1v) is 6.19. The molecule has 4 heteroatoms. The number of rotatable bonds is 2. The average Bonchev–Trinajstić information content (AvgIpc) is 2.81. The molecule has 3 nitrogen and oxygen atoms in total. The van der Waals surface area contributed by atoms with Crippen molar-refractivity contribution in [1.29, 1.82) is 0 Å². The van der Waals surface area contributed by atoms with E-state index < -0.39 is 0 Å². The Morgan fingerprint density at radius 2 is 1.65 bits per heavy atom. The Bertz CT molecular complexity index is 547. The van der Waals surface area contributed by atoms with E-state index in [1.807, 2.05) is 57.5 Å². The largest absolute Gasteiger partial charge is 0.305 e. The van der Waals surface area contributed by atoms with Gasteiger partial charge in [-0.1, -0.05) is 21.3 Å². The van der Waals surface area contributed by atoms with Gasteiger partial charge in [-0.3, -0.25) is 4.79 Å². The number of carbonyl (C=O) groups is 1. The van der Waals surface area contributed by atoms with Gasteiger partial charge >= 0.3 is 0 Å². The quantitative estimate of drug-likeness (QED) is 0.613. The van der Waals surface area contributed by atoms with Gasteiger partial charge in [0.05, 0.1) is 17.7 Å². The summed E-state index contributed by atoms with van der Waals surface area (Å²) >= 11 is 0. The smallest absolute Gasteiger partial charge is 0.152 e. The highest BCUT2D eigenvalue weighted by atomic mass is 16.1. The van der Waals surface area contributed by atoms with Gasteiger partial charge < -0.3 is 4.57 Å². The molecule has 0 spiro atoms. The van der Waals surface area contributed by atoms with Gasteiger partial charge in [0.1, 0.15) is 0 Å². The Morgan fingerprint density at radius 3 is 2.10 bits per heavy atom. The highest BCUT2D eigenvalue weighted by molar-refractivity contribution is 5.81. The van der Waals surface area contributed by atoms with Gasteiger partial charge in [-0.15, -0.1) is 0 Å². The molecule has 107 valence electrons. The molecule has 1 heterocycles. The van der Waals surface area contributed by atoms with E-state index in [1.165, 1.54) is 5.56 Å². The van der Waals surface area contributed by atoms with Crippen molar-refractivity contribution in [3.8, 4) is 5.69 Å². The lowest BCUT2D eigenvalue weighted by atomic mass is 10.0. The second kappa shape index (κ2) is 9.13. The van der Waals surface area contributed by atoms with Crippen molar-refractivity contribution in [3.05, 3.63) is 47.0 Å². The average molecular weight is 271 g/mol. The number of carbonyl (C=O) groups excluding carboxylic acids is 1. The van der Waals surface area contributed by atoms with E-state index >= 15 is 0 Å². The maximum Gasteiger partial charge on any atom is 0.152 e. The number of aromatic nitrogens is 2. The second-order valence-electron chi connectivity index (χ2n) is 4.04. The van der Waals surface area contributed by atoms with Gasteiger partial charge in [-0.2, -0.15) is 0 Å². The van der Waals surface area contributed by atoms with Gasteiger partial charge in [0.15, 0.2) is 6.29 Å². The van der Waals surface area contributed by atoms with Crippen LogP contribution in [0.2, 0.25) is 0 Å². The fourth-order valence-corrected chi connectivity index (χ4v) is 1.69. The normalized spacial score (nSPS) is 8.65. The molecular formula is C16H24BN2O. The molecule has 0 fully saturated rings. The summed E-state index contributed by atoms with van der Waals surface area (Å²) in [5.74, 6) is 0. The van der Waals surface area contributed by atoms with E-state index in [9.17, 15) is 4.79 Å². The topological polar surface area (TPSA) is 34.9 Å². The molecule has 0 aliphatic carbocycles. The van der Waals surface area contributed by atoms with Crippen LogP contribution in [0.5, 0.6) is 0 Å². The molecule has 1 aromatic carbocycles. The zero-order valence-corrected chi connectivity index (χ0v) is 12.3. The summed E-state index contributed by atoms with van der Waals surface area (Å²) in [7, 11) is 0. The van der Waals surface area contributed by atoms with Crippen LogP contribution in [-0.4, -0.2) is 24.3 Å². The Kier molecular flexibility index (Phi) is 9.35. The van der Waals surface area contributed by atoms with Gasteiger partial charge in [-0.05, 0) is 44.0 Å². The number of hydrogen-bond acceptors (Lipinski definition) is 2. The third-order valence-electron chi connectivity index (χ3n) is 2.76. The summed E-state index contributed by atoms with van der Waals surface area (Å²) in [6.45, 7) is 9.97. The molecule has 3 radical (unpaired) electrons. The molecular weight excluding hydrogens is 247 g/mol. The van der Waals surface area contributed by atoms with Gasteiger partial charge in [0.25, 0.3) is 0 Å². The van der Waals surface area contributed by atoms with Crippen molar-refractivity contribution in [2.24, 2.45) is 0 Å². The van der Waals surface area contributed by atoms with Crippen molar-refractivity contribution < 1.29 is 4.79 Å². The molecule has 0 saturated carbocycles. The third kappa shape index (κ3) is 4.37. The van der Waals surface area contributed by atoms with E-state index in [4.69, 9.17) is 0 Å². The number of aryl methyl sites for hydroxylation is 3. The SMILES string of the molecule is C.CC.Cc1cn(-c2cc(C)c(C)cc2C=O)cn1.[B]. The van der Waals surface area contributed by atoms with E-state index in [1.54, 1.807) is 6.33 Å². The molecule has 0 unspecified atom stereocenters. The van der Waals surface area contributed by atoms with Crippen LogP contribution in [0.3, 0.4) is 0 Å². The minimum absolute atomic E-state index is 0. The molecule has 0 atom stereocenters. The van der Waals surface area contributed by atoms with Crippen LogP contribution in [0, 0.1) is 20.8 Å². The lowest BCUT2D eigenvalue weighted by Gasteiger charge is -2.09. The lowest BCUT2D eigenvalue weighted by molar-refractivity contribution is 0.112. The van der Waals surface area contributed by atoms with Crippen molar-refractivity contribution in [1.82, 2.24) is 9.55 Å². The van der Waals surface area contributed by atoms with Gasteiger partial charge in [0.2, 0.25) is 0 Å². The molecule has 0 N–H and O–H groups in total.